The number of rotatable bonds is 2. The minimum atomic E-state index is -0.425. The molecule has 6 nitrogen and oxygen atoms in total. The lowest BCUT2D eigenvalue weighted by Crippen LogP contribution is -2.31. The van der Waals surface area contributed by atoms with Gasteiger partial charge in [-0.05, 0) is 0 Å². The fraction of sp³-hybridized carbons (Fsp3) is 0.286. The Kier molecular flexibility index (Phi) is 2.47. The molecule has 7 heteroatoms. The van der Waals surface area contributed by atoms with Crippen LogP contribution in [0.5, 0.6) is 0 Å². The molecule has 1 atom stereocenters. The molecule has 0 radical (unpaired) electrons. The van der Waals surface area contributed by atoms with Crippen molar-refractivity contribution in [2.75, 3.05) is 11.9 Å². The number of carbonyl (C=O) groups excluding carboxylic acids is 1. The van der Waals surface area contributed by atoms with Gasteiger partial charge in [-0.25, -0.2) is 15.4 Å². The highest BCUT2D eigenvalue weighted by Crippen LogP contribution is 2.08. The standard InChI is InChI=1S/C7H7ClN4O2/c8-5-1-10-6(2-9-5)11-4-3-14-12-7(4)13/h1-2,4H,3H2,(H,10,11)(H,12,13). The van der Waals surface area contributed by atoms with E-state index in [4.69, 9.17) is 16.4 Å². The molecule has 1 aromatic rings. The lowest BCUT2D eigenvalue weighted by Gasteiger charge is -2.07. The van der Waals surface area contributed by atoms with Crippen LogP contribution in [0.15, 0.2) is 12.4 Å². The molecule has 1 fully saturated rings. The van der Waals surface area contributed by atoms with Crippen molar-refractivity contribution in [2.45, 2.75) is 6.04 Å². The summed E-state index contributed by atoms with van der Waals surface area (Å²) in [4.78, 5) is 23.6. The summed E-state index contributed by atoms with van der Waals surface area (Å²) in [5, 5.41) is 3.16. The van der Waals surface area contributed by atoms with E-state index < -0.39 is 6.04 Å². The first-order valence-corrected chi connectivity index (χ1v) is 4.29. The summed E-state index contributed by atoms with van der Waals surface area (Å²) < 4.78 is 0. The molecule has 0 aliphatic carbocycles. The average Bonchev–Trinajstić information content (AvgIpc) is 2.56. The van der Waals surface area contributed by atoms with Crippen LogP contribution >= 0.6 is 11.6 Å². The predicted molar refractivity (Wildman–Crippen MR) is 48.5 cm³/mol. The van der Waals surface area contributed by atoms with Crippen molar-refractivity contribution in [3.05, 3.63) is 17.5 Å². The van der Waals surface area contributed by atoms with E-state index in [1.54, 1.807) is 0 Å². The maximum atomic E-state index is 11.1. The van der Waals surface area contributed by atoms with Gasteiger partial charge in [0.15, 0.2) is 0 Å². The Bertz CT molecular complexity index is 342. The number of hydrogen-bond acceptors (Lipinski definition) is 5. The SMILES string of the molecule is O=C1NOCC1Nc1cnc(Cl)cn1. The van der Waals surface area contributed by atoms with Crippen LogP contribution in [0.2, 0.25) is 5.15 Å². The van der Waals surface area contributed by atoms with Gasteiger partial charge in [-0.2, -0.15) is 0 Å². The Morgan fingerprint density at radius 3 is 3.00 bits per heavy atom. The Morgan fingerprint density at radius 1 is 1.57 bits per heavy atom. The van der Waals surface area contributed by atoms with Gasteiger partial charge in [0, 0.05) is 0 Å². The molecule has 0 bridgehead atoms. The lowest BCUT2D eigenvalue weighted by atomic mass is 10.3. The van der Waals surface area contributed by atoms with E-state index in [0.29, 0.717) is 11.0 Å². The maximum Gasteiger partial charge on any atom is 0.268 e. The first kappa shape index (κ1) is 9.17. The van der Waals surface area contributed by atoms with E-state index in [0.717, 1.165) is 0 Å². The van der Waals surface area contributed by atoms with Crippen LogP contribution < -0.4 is 10.8 Å². The van der Waals surface area contributed by atoms with Gasteiger partial charge in [0.1, 0.15) is 23.6 Å². The van der Waals surface area contributed by atoms with Gasteiger partial charge >= 0.3 is 0 Å². The Balaban J connectivity index is 2.03. The number of aromatic nitrogens is 2. The van der Waals surface area contributed by atoms with Crippen LogP contribution in [0.3, 0.4) is 0 Å². The smallest absolute Gasteiger partial charge is 0.268 e. The number of hydrogen-bond donors (Lipinski definition) is 2. The van der Waals surface area contributed by atoms with Crippen LogP contribution in [-0.2, 0) is 9.63 Å². The minimum absolute atomic E-state index is 0.221. The molecule has 2 N–H and O–H groups in total. The van der Waals surface area contributed by atoms with Gasteiger partial charge in [0.25, 0.3) is 5.91 Å². The van der Waals surface area contributed by atoms with Gasteiger partial charge in [0.05, 0.1) is 12.4 Å². The first-order chi connectivity index (χ1) is 6.75. The summed E-state index contributed by atoms with van der Waals surface area (Å²) >= 11 is 5.55. The van der Waals surface area contributed by atoms with Gasteiger partial charge in [-0.1, -0.05) is 11.6 Å². The van der Waals surface area contributed by atoms with Gasteiger partial charge in [-0.15, -0.1) is 0 Å². The van der Waals surface area contributed by atoms with Crippen molar-refractivity contribution in [2.24, 2.45) is 0 Å². The topological polar surface area (TPSA) is 76.1 Å². The summed E-state index contributed by atoms with van der Waals surface area (Å²) in [5.74, 6) is 0.266. The summed E-state index contributed by atoms with van der Waals surface area (Å²) in [6, 6.07) is -0.425. The molecule has 1 amide bonds. The van der Waals surface area contributed by atoms with E-state index in [-0.39, 0.29) is 12.5 Å². The van der Waals surface area contributed by atoms with E-state index in [1.165, 1.54) is 12.4 Å². The molecular formula is C7H7ClN4O2. The second-order valence-electron chi connectivity index (χ2n) is 2.70. The molecule has 0 aromatic carbocycles. The molecule has 14 heavy (non-hydrogen) atoms. The van der Waals surface area contributed by atoms with Crippen molar-refractivity contribution in [3.8, 4) is 0 Å². The summed E-state index contributed by atoms with van der Waals surface area (Å²) in [6.45, 7) is 0.267. The summed E-state index contributed by atoms with van der Waals surface area (Å²) in [5.41, 5.74) is 2.23. The van der Waals surface area contributed by atoms with Crippen LogP contribution in [-0.4, -0.2) is 28.5 Å². The first-order valence-electron chi connectivity index (χ1n) is 3.91. The van der Waals surface area contributed by atoms with E-state index in [2.05, 4.69) is 20.8 Å². The Morgan fingerprint density at radius 2 is 2.43 bits per heavy atom. The monoisotopic (exact) mass is 214 g/mol. The highest BCUT2D eigenvalue weighted by Gasteiger charge is 2.25. The van der Waals surface area contributed by atoms with Crippen molar-refractivity contribution in [1.29, 1.82) is 0 Å². The zero-order valence-corrected chi connectivity index (χ0v) is 7.78. The highest BCUT2D eigenvalue weighted by atomic mass is 35.5. The van der Waals surface area contributed by atoms with Crippen molar-refractivity contribution < 1.29 is 9.63 Å². The molecule has 1 aliphatic rings. The zero-order chi connectivity index (χ0) is 9.97. The van der Waals surface area contributed by atoms with E-state index >= 15 is 0 Å². The second kappa shape index (κ2) is 3.77. The molecule has 1 aliphatic heterocycles. The third kappa shape index (κ3) is 1.91. The van der Waals surface area contributed by atoms with Crippen molar-refractivity contribution in [1.82, 2.24) is 15.4 Å². The number of halogens is 1. The highest BCUT2D eigenvalue weighted by molar-refractivity contribution is 6.29. The molecule has 1 saturated heterocycles. The quantitative estimate of drug-likeness (QED) is 0.723. The molecule has 0 spiro atoms. The summed E-state index contributed by atoms with van der Waals surface area (Å²) in [7, 11) is 0. The van der Waals surface area contributed by atoms with Crippen LogP contribution in [0, 0.1) is 0 Å². The van der Waals surface area contributed by atoms with Gasteiger partial charge in [0.2, 0.25) is 0 Å². The van der Waals surface area contributed by atoms with Crippen molar-refractivity contribution in [3.63, 3.8) is 0 Å². The average molecular weight is 215 g/mol. The van der Waals surface area contributed by atoms with E-state index in [1.807, 2.05) is 0 Å². The van der Waals surface area contributed by atoms with Crippen LogP contribution in [0.4, 0.5) is 5.82 Å². The zero-order valence-electron chi connectivity index (χ0n) is 7.03. The normalized spacial score (nSPS) is 20.6. The number of nitrogens with one attached hydrogen (secondary N) is 2. The maximum absolute atomic E-state index is 11.1. The van der Waals surface area contributed by atoms with Gasteiger partial charge < -0.3 is 5.32 Å². The third-order valence-electron chi connectivity index (χ3n) is 1.68. The Hall–Kier alpha value is -1.40. The Labute approximate surface area is 84.6 Å². The number of carbonyl (C=O) groups is 1. The molecular weight excluding hydrogens is 208 g/mol. The number of nitrogens with zero attached hydrogens (tertiary/aromatic N) is 2. The molecule has 2 rings (SSSR count). The largest absolute Gasteiger partial charge is 0.355 e. The van der Waals surface area contributed by atoms with Gasteiger partial charge in [-0.3, -0.25) is 9.63 Å². The molecule has 0 saturated carbocycles. The van der Waals surface area contributed by atoms with Crippen molar-refractivity contribution >= 4 is 23.3 Å². The summed E-state index contributed by atoms with van der Waals surface area (Å²) in [6.07, 6.45) is 2.85. The molecule has 74 valence electrons. The fourth-order valence-corrected chi connectivity index (χ4v) is 1.11. The molecule has 2 heterocycles. The number of hydroxylamine groups is 1. The number of anilines is 1. The minimum Gasteiger partial charge on any atom is -0.355 e. The fourth-order valence-electron chi connectivity index (χ4n) is 1.02. The molecule has 1 unspecified atom stereocenters. The van der Waals surface area contributed by atoms with E-state index in [9.17, 15) is 4.79 Å². The second-order valence-corrected chi connectivity index (χ2v) is 3.09. The number of amides is 1. The molecule has 1 aromatic heterocycles. The van der Waals surface area contributed by atoms with Crippen LogP contribution in [0.1, 0.15) is 0 Å². The third-order valence-corrected chi connectivity index (χ3v) is 1.88. The van der Waals surface area contributed by atoms with Crippen LogP contribution in [0.25, 0.3) is 0 Å². The predicted octanol–water partition coefficient (Wildman–Crippen LogP) is -0.0281. The lowest BCUT2D eigenvalue weighted by molar-refractivity contribution is -0.124.